The number of carbonyl (C=O) groups excluding carboxylic acids is 2. The number of nitrogens with one attached hydrogen (secondary N) is 2. The number of hydrogen-bond donors (Lipinski definition) is 2. The summed E-state index contributed by atoms with van der Waals surface area (Å²) in [5.41, 5.74) is 1.39. The zero-order valence-corrected chi connectivity index (χ0v) is 18.6. The Bertz CT molecular complexity index is 1090. The molecule has 3 aliphatic rings. The van der Waals surface area contributed by atoms with Crippen LogP contribution in [0.2, 0.25) is 0 Å². The Hall–Kier alpha value is -2.55. The summed E-state index contributed by atoms with van der Waals surface area (Å²) in [4.78, 5) is 29.6. The van der Waals surface area contributed by atoms with E-state index < -0.39 is 25.9 Å². The molecule has 4 rings (SSSR count). The number of H-pyrrole nitrogens is 1. The number of carbonyl (C=O) groups is 2. The average Bonchev–Trinajstić information content (AvgIpc) is 3.15. The maximum absolute atomic E-state index is 13.0. The van der Waals surface area contributed by atoms with Crippen LogP contribution in [0.5, 0.6) is 0 Å². The summed E-state index contributed by atoms with van der Waals surface area (Å²) in [6.07, 6.45) is 3.62. The number of ether oxygens (including phenoxy) is 1. The lowest BCUT2D eigenvalue weighted by atomic mass is 9.82. The van der Waals surface area contributed by atoms with Crippen LogP contribution >= 0.6 is 0 Å². The molecule has 30 heavy (non-hydrogen) atoms. The Morgan fingerprint density at radius 3 is 2.63 bits per heavy atom. The van der Waals surface area contributed by atoms with Crippen molar-refractivity contribution in [1.29, 1.82) is 0 Å². The van der Waals surface area contributed by atoms with Crippen molar-refractivity contribution in [3.8, 4) is 0 Å². The summed E-state index contributed by atoms with van der Waals surface area (Å²) < 4.78 is 32.2. The largest absolute Gasteiger partial charge is 0.476 e. The highest BCUT2D eigenvalue weighted by Gasteiger charge is 2.45. The fourth-order valence-corrected chi connectivity index (χ4v) is 5.66. The maximum atomic E-state index is 13.0. The molecule has 1 aromatic rings. The third-order valence-electron chi connectivity index (χ3n) is 6.10. The van der Waals surface area contributed by atoms with Crippen molar-refractivity contribution >= 4 is 21.7 Å². The smallest absolute Gasteiger partial charge is 0.270 e. The SMILES string of the molecule is CC(C)S(=O)(=O)C1C=C(C2CN(C)C(=O)c3[nH]ccc32)C2=C(C1)NC(=O)C(C)(C)O2. The van der Waals surface area contributed by atoms with Gasteiger partial charge in [-0.15, -0.1) is 0 Å². The Morgan fingerprint density at radius 2 is 1.97 bits per heavy atom. The van der Waals surface area contributed by atoms with E-state index in [-0.39, 0.29) is 24.2 Å². The number of aromatic nitrogens is 1. The second-order valence-corrected chi connectivity index (χ2v) is 11.6. The average molecular weight is 434 g/mol. The molecule has 0 saturated carbocycles. The van der Waals surface area contributed by atoms with E-state index in [1.807, 2.05) is 6.07 Å². The highest BCUT2D eigenvalue weighted by Crippen LogP contribution is 2.43. The van der Waals surface area contributed by atoms with Crippen molar-refractivity contribution in [3.05, 3.63) is 46.6 Å². The molecule has 162 valence electrons. The highest BCUT2D eigenvalue weighted by atomic mass is 32.2. The summed E-state index contributed by atoms with van der Waals surface area (Å²) in [6, 6.07) is 1.85. The second-order valence-electron chi connectivity index (χ2n) is 8.92. The van der Waals surface area contributed by atoms with E-state index in [4.69, 9.17) is 4.74 Å². The van der Waals surface area contributed by atoms with Crippen LogP contribution in [0.15, 0.2) is 35.4 Å². The third-order valence-corrected chi connectivity index (χ3v) is 8.56. The molecule has 2 N–H and O–H groups in total. The molecule has 0 aromatic carbocycles. The van der Waals surface area contributed by atoms with E-state index in [2.05, 4.69) is 10.3 Å². The first-order valence-corrected chi connectivity index (χ1v) is 11.7. The molecule has 2 atom stereocenters. The summed E-state index contributed by atoms with van der Waals surface area (Å²) in [7, 11) is -1.75. The molecule has 1 aliphatic carbocycles. The van der Waals surface area contributed by atoms with Gasteiger partial charge in [-0.2, -0.15) is 0 Å². The van der Waals surface area contributed by atoms with Crippen LogP contribution in [0, 0.1) is 0 Å². The van der Waals surface area contributed by atoms with E-state index in [9.17, 15) is 18.0 Å². The van der Waals surface area contributed by atoms with Gasteiger partial charge in [-0.25, -0.2) is 8.42 Å². The lowest BCUT2D eigenvalue weighted by Crippen LogP contribution is -2.51. The number of fused-ring (bicyclic) bond motifs is 1. The van der Waals surface area contributed by atoms with Gasteiger partial charge in [0.25, 0.3) is 11.8 Å². The van der Waals surface area contributed by atoms with Gasteiger partial charge >= 0.3 is 0 Å². The minimum Gasteiger partial charge on any atom is -0.476 e. The molecular weight excluding hydrogens is 406 g/mol. The summed E-state index contributed by atoms with van der Waals surface area (Å²) in [5.74, 6) is -0.174. The molecular formula is C21H27N3O5S. The van der Waals surface area contributed by atoms with Crippen LogP contribution in [-0.4, -0.2) is 59.8 Å². The summed E-state index contributed by atoms with van der Waals surface area (Å²) in [5, 5.41) is 1.54. The molecule has 2 unspecified atom stereocenters. The van der Waals surface area contributed by atoms with Crippen LogP contribution in [-0.2, 0) is 19.4 Å². The van der Waals surface area contributed by atoms with E-state index in [0.29, 0.717) is 29.3 Å². The molecule has 0 saturated heterocycles. The van der Waals surface area contributed by atoms with E-state index >= 15 is 0 Å². The van der Waals surface area contributed by atoms with Gasteiger partial charge in [-0.1, -0.05) is 6.08 Å². The van der Waals surface area contributed by atoms with Crippen molar-refractivity contribution in [2.75, 3.05) is 13.6 Å². The summed E-state index contributed by atoms with van der Waals surface area (Å²) >= 11 is 0. The Balaban J connectivity index is 1.88. The predicted molar refractivity (Wildman–Crippen MR) is 111 cm³/mol. The first-order chi connectivity index (χ1) is 13.9. The quantitative estimate of drug-likeness (QED) is 0.756. The minimum atomic E-state index is -3.46. The number of aromatic amines is 1. The zero-order chi connectivity index (χ0) is 22.0. The monoisotopic (exact) mass is 433 g/mol. The molecule has 9 heteroatoms. The van der Waals surface area contributed by atoms with Gasteiger partial charge in [0.05, 0.1) is 16.2 Å². The highest BCUT2D eigenvalue weighted by molar-refractivity contribution is 7.92. The number of allylic oxidation sites excluding steroid dienone is 2. The topological polar surface area (TPSA) is 109 Å². The van der Waals surface area contributed by atoms with Crippen molar-refractivity contribution in [2.45, 2.75) is 56.1 Å². The lowest BCUT2D eigenvalue weighted by molar-refractivity contribution is -0.140. The van der Waals surface area contributed by atoms with E-state index in [1.165, 1.54) is 0 Å². The van der Waals surface area contributed by atoms with Gasteiger partial charge in [0.1, 0.15) is 11.5 Å². The van der Waals surface area contributed by atoms with Crippen LogP contribution < -0.4 is 5.32 Å². The van der Waals surface area contributed by atoms with Gasteiger partial charge in [0.2, 0.25) is 0 Å². The van der Waals surface area contributed by atoms with Crippen molar-refractivity contribution in [2.24, 2.45) is 0 Å². The number of amides is 2. The molecule has 0 spiro atoms. The lowest BCUT2D eigenvalue weighted by Gasteiger charge is -2.41. The first kappa shape index (κ1) is 20.7. The Morgan fingerprint density at radius 1 is 1.27 bits per heavy atom. The first-order valence-electron chi connectivity index (χ1n) is 10.0. The molecule has 2 amide bonds. The number of hydrogen-bond acceptors (Lipinski definition) is 5. The van der Waals surface area contributed by atoms with Crippen LogP contribution in [0.1, 0.15) is 56.1 Å². The number of rotatable bonds is 3. The molecule has 8 nitrogen and oxygen atoms in total. The van der Waals surface area contributed by atoms with Gasteiger partial charge in [0, 0.05) is 37.7 Å². The van der Waals surface area contributed by atoms with Gasteiger partial charge in [-0.05, 0) is 39.3 Å². The standard InChI is InChI=1S/C21H27N3O5S/c1-11(2)30(27,28)12-8-14(18-16(9-12)23-20(26)21(3,4)29-18)15-10-24(5)19(25)17-13(15)6-7-22-17/h6-8,11-12,15,22H,9-10H2,1-5H3,(H,23,26). The molecule has 3 heterocycles. The molecule has 0 fully saturated rings. The molecule has 0 radical (unpaired) electrons. The normalized spacial score (nSPS) is 26.1. The number of sulfone groups is 1. The van der Waals surface area contributed by atoms with E-state index in [1.54, 1.807) is 51.9 Å². The fraction of sp³-hybridized carbons (Fsp3) is 0.524. The van der Waals surface area contributed by atoms with Crippen LogP contribution in [0.3, 0.4) is 0 Å². The second kappa shape index (κ2) is 6.73. The fourth-order valence-electron chi connectivity index (χ4n) is 4.22. The van der Waals surface area contributed by atoms with Crippen molar-refractivity contribution in [3.63, 3.8) is 0 Å². The summed E-state index contributed by atoms with van der Waals surface area (Å²) in [6.45, 7) is 7.06. The van der Waals surface area contributed by atoms with Gasteiger partial charge < -0.3 is 19.9 Å². The van der Waals surface area contributed by atoms with Crippen molar-refractivity contribution in [1.82, 2.24) is 15.2 Å². The van der Waals surface area contributed by atoms with Gasteiger partial charge in [-0.3, -0.25) is 9.59 Å². The number of likely N-dealkylation sites (N-methyl/N-ethyl adjacent to an activating group) is 1. The third kappa shape index (κ3) is 3.07. The maximum Gasteiger partial charge on any atom is 0.270 e. The predicted octanol–water partition coefficient (Wildman–Crippen LogP) is 1.84. The van der Waals surface area contributed by atoms with E-state index in [0.717, 1.165) is 5.56 Å². The minimum absolute atomic E-state index is 0.110. The Kier molecular flexibility index (Phi) is 4.65. The Labute approximate surface area is 176 Å². The zero-order valence-electron chi connectivity index (χ0n) is 17.8. The van der Waals surface area contributed by atoms with Gasteiger partial charge in [0.15, 0.2) is 15.4 Å². The number of nitrogens with zero attached hydrogens (tertiary/aromatic N) is 1. The molecule has 0 bridgehead atoms. The molecule has 1 aromatic heterocycles. The van der Waals surface area contributed by atoms with Crippen LogP contribution in [0.25, 0.3) is 0 Å². The molecule has 2 aliphatic heterocycles. The van der Waals surface area contributed by atoms with Crippen molar-refractivity contribution < 1.29 is 22.7 Å². The van der Waals surface area contributed by atoms with Crippen LogP contribution in [0.4, 0.5) is 0 Å².